The van der Waals surface area contributed by atoms with Crippen LogP contribution in [-0.2, 0) is 0 Å². The molecule has 2 N–H and O–H groups in total. The quantitative estimate of drug-likeness (QED) is 0.273. The van der Waals surface area contributed by atoms with Crippen molar-refractivity contribution in [2.75, 3.05) is 38.5 Å². The number of aromatic nitrogens is 1. The van der Waals surface area contributed by atoms with Crippen LogP contribution in [0.25, 0.3) is 0 Å². The molecule has 27 heavy (non-hydrogen) atoms. The van der Waals surface area contributed by atoms with E-state index in [0.717, 1.165) is 50.8 Å². The Balaban J connectivity index is 0.00000261. The van der Waals surface area contributed by atoms with Crippen LogP contribution in [0.4, 0.5) is 5.82 Å². The van der Waals surface area contributed by atoms with Crippen molar-refractivity contribution >= 4 is 35.8 Å². The highest BCUT2D eigenvalue weighted by Crippen LogP contribution is 2.26. The van der Waals surface area contributed by atoms with E-state index in [-0.39, 0.29) is 24.0 Å². The summed E-state index contributed by atoms with van der Waals surface area (Å²) in [4.78, 5) is 11.1. The molecule has 2 aromatic rings. The number of likely N-dealkylation sites (tertiary alicyclic amines) is 1. The van der Waals surface area contributed by atoms with Crippen LogP contribution in [0, 0.1) is 0 Å². The van der Waals surface area contributed by atoms with Crippen molar-refractivity contribution in [2.45, 2.75) is 25.2 Å². The van der Waals surface area contributed by atoms with Gasteiger partial charge in [-0.15, -0.1) is 24.0 Å². The molecule has 5 nitrogen and oxygen atoms in total. The van der Waals surface area contributed by atoms with E-state index in [1.165, 1.54) is 12.0 Å². The van der Waals surface area contributed by atoms with Crippen molar-refractivity contribution in [1.82, 2.24) is 15.2 Å². The number of halogens is 1. The zero-order valence-corrected chi connectivity index (χ0v) is 18.3. The number of pyridine rings is 1. The van der Waals surface area contributed by atoms with E-state index in [4.69, 9.17) is 0 Å². The molecule has 1 aromatic carbocycles. The first-order valence-corrected chi connectivity index (χ1v) is 9.52. The Morgan fingerprint density at radius 3 is 2.63 bits per heavy atom. The van der Waals surface area contributed by atoms with Crippen LogP contribution in [0.15, 0.2) is 59.7 Å². The number of hydrogen-bond donors (Lipinski definition) is 2. The summed E-state index contributed by atoms with van der Waals surface area (Å²) in [6, 6.07) is 16.7. The second kappa shape index (κ2) is 11.8. The first-order valence-electron chi connectivity index (χ1n) is 9.52. The molecular weight excluding hydrogens is 449 g/mol. The van der Waals surface area contributed by atoms with Gasteiger partial charge >= 0.3 is 0 Å². The average molecular weight is 479 g/mol. The van der Waals surface area contributed by atoms with E-state index < -0.39 is 0 Å². The smallest absolute Gasteiger partial charge is 0.193 e. The van der Waals surface area contributed by atoms with Gasteiger partial charge in [-0.3, -0.25) is 4.99 Å². The molecule has 0 bridgehead atoms. The minimum Gasteiger partial charge on any atom is -0.370 e. The molecule has 1 aromatic heterocycles. The van der Waals surface area contributed by atoms with Crippen LogP contribution >= 0.6 is 24.0 Å². The zero-order chi connectivity index (χ0) is 18.0. The van der Waals surface area contributed by atoms with E-state index in [9.17, 15) is 0 Å². The lowest BCUT2D eigenvalue weighted by molar-refractivity contribution is 0.484. The minimum atomic E-state index is 0. The third-order valence-corrected chi connectivity index (χ3v) is 4.83. The lowest BCUT2D eigenvalue weighted by Crippen LogP contribution is -2.40. The highest BCUT2D eigenvalue weighted by Gasteiger charge is 2.25. The topological polar surface area (TPSA) is 52.6 Å². The first-order chi connectivity index (χ1) is 12.9. The Morgan fingerprint density at radius 2 is 1.89 bits per heavy atom. The predicted molar refractivity (Wildman–Crippen MR) is 124 cm³/mol. The van der Waals surface area contributed by atoms with Crippen LogP contribution in [0.2, 0.25) is 0 Å². The molecule has 0 radical (unpaired) electrons. The average Bonchev–Trinajstić information content (AvgIpc) is 3.19. The summed E-state index contributed by atoms with van der Waals surface area (Å²) in [5.41, 5.74) is 1.44. The minimum absolute atomic E-state index is 0. The third-order valence-electron chi connectivity index (χ3n) is 4.83. The van der Waals surface area contributed by atoms with E-state index in [1.807, 2.05) is 31.4 Å². The number of guanidine groups is 1. The maximum atomic E-state index is 4.47. The normalized spacial score (nSPS) is 16.7. The van der Waals surface area contributed by atoms with Gasteiger partial charge in [0.25, 0.3) is 0 Å². The molecular formula is C21H30IN5. The maximum Gasteiger partial charge on any atom is 0.193 e. The summed E-state index contributed by atoms with van der Waals surface area (Å²) in [5.74, 6) is 2.58. The molecule has 0 amide bonds. The van der Waals surface area contributed by atoms with Crippen molar-refractivity contribution < 1.29 is 0 Å². The molecule has 0 saturated carbocycles. The number of unbranched alkanes of at least 4 members (excludes halogenated alkanes) is 1. The Morgan fingerprint density at radius 1 is 1.11 bits per heavy atom. The van der Waals surface area contributed by atoms with E-state index >= 15 is 0 Å². The number of benzene rings is 1. The number of rotatable bonds is 7. The standard InChI is InChI=1S/C21H29N5.HI/c1-22-21(25-15-8-7-14-24-20-11-5-6-13-23-20)26-16-12-19(17-26)18-9-3-2-4-10-18;/h2-6,9-11,13,19H,7-8,12,14-17H2,1H3,(H,22,25)(H,23,24);1H. The molecule has 6 heteroatoms. The zero-order valence-electron chi connectivity index (χ0n) is 16.0. The predicted octanol–water partition coefficient (Wildman–Crippen LogP) is 3.96. The van der Waals surface area contributed by atoms with Crippen molar-refractivity contribution in [3.8, 4) is 0 Å². The van der Waals surface area contributed by atoms with E-state index in [2.05, 4.69) is 55.8 Å². The highest BCUT2D eigenvalue weighted by molar-refractivity contribution is 14.0. The van der Waals surface area contributed by atoms with Crippen LogP contribution in [-0.4, -0.2) is 49.1 Å². The van der Waals surface area contributed by atoms with Crippen LogP contribution in [0.5, 0.6) is 0 Å². The van der Waals surface area contributed by atoms with Gasteiger partial charge in [0.05, 0.1) is 0 Å². The van der Waals surface area contributed by atoms with Crippen molar-refractivity contribution in [3.63, 3.8) is 0 Å². The molecule has 1 unspecified atom stereocenters. The Labute approximate surface area is 179 Å². The van der Waals surface area contributed by atoms with Gasteiger partial charge in [0.15, 0.2) is 5.96 Å². The molecule has 3 rings (SSSR count). The van der Waals surface area contributed by atoms with Crippen LogP contribution in [0.1, 0.15) is 30.7 Å². The van der Waals surface area contributed by atoms with E-state index in [1.54, 1.807) is 0 Å². The van der Waals surface area contributed by atoms with Gasteiger partial charge in [-0.1, -0.05) is 36.4 Å². The fraction of sp³-hybridized carbons (Fsp3) is 0.429. The number of nitrogens with zero attached hydrogens (tertiary/aromatic N) is 3. The summed E-state index contributed by atoms with van der Waals surface area (Å²) >= 11 is 0. The summed E-state index contributed by atoms with van der Waals surface area (Å²) < 4.78 is 0. The molecule has 1 atom stereocenters. The van der Waals surface area contributed by atoms with Crippen LogP contribution in [0.3, 0.4) is 0 Å². The summed E-state index contributed by atoms with van der Waals surface area (Å²) in [6.45, 7) is 4.01. The molecule has 0 aliphatic carbocycles. The molecule has 2 heterocycles. The summed E-state index contributed by atoms with van der Waals surface area (Å²) in [5, 5.41) is 6.86. The molecule has 1 aliphatic rings. The van der Waals surface area contributed by atoms with Crippen molar-refractivity contribution in [3.05, 3.63) is 60.3 Å². The summed E-state index contributed by atoms with van der Waals surface area (Å²) in [6.07, 6.45) is 5.22. The highest BCUT2D eigenvalue weighted by atomic mass is 127. The largest absolute Gasteiger partial charge is 0.370 e. The lowest BCUT2D eigenvalue weighted by Gasteiger charge is -2.22. The second-order valence-electron chi connectivity index (χ2n) is 6.67. The van der Waals surface area contributed by atoms with Gasteiger partial charge in [0.2, 0.25) is 0 Å². The Hall–Kier alpha value is -1.83. The second-order valence-corrected chi connectivity index (χ2v) is 6.67. The summed E-state index contributed by atoms with van der Waals surface area (Å²) in [7, 11) is 1.88. The fourth-order valence-electron chi connectivity index (χ4n) is 3.42. The van der Waals surface area contributed by atoms with Crippen LogP contribution < -0.4 is 10.6 Å². The Kier molecular flexibility index (Phi) is 9.38. The van der Waals surface area contributed by atoms with Gasteiger partial charge < -0.3 is 15.5 Å². The van der Waals surface area contributed by atoms with Gasteiger partial charge in [-0.25, -0.2) is 4.98 Å². The van der Waals surface area contributed by atoms with E-state index in [0.29, 0.717) is 5.92 Å². The van der Waals surface area contributed by atoms with Crippen molar-refractivity contribution in [1.29, 1.82) is 0 Å². The lowest BCUT2D eigenvalue weighted by atomic mass is 9.99. The van der Waals surface area contributed by atoms with Crippen molar-refractivity contribution in [2.24, 2.45) is 4.99 Å². The molecule has 146 valence electrons. The molecule has 0 spiro atoms. The number of aliphatic imine (C=N–C) groups is 1. The van der Waals surface area contributed by atoms with Gasteiger partial charge in [0, 0.05) is 45.3 Å². The number of anilines is 1. The number of hydrogen-bond acceptors (Lipinski definition) is 3. The molecule has 1 saturated heterocycles. The van der Waals surface area contributed by atoms with Gasteiger partial charge in [-0.05, 0) is 37.0 Å². The maximum absolute atomic E-state index is 4.47. The fourth-order valence-corrected chi connectivity index (χ4v) is 3.42. The molecule has 1 aliphatic heterocycles. The van der Waals surface area contributed by atoms with Gasteiger partial charge in [0.1, 0.15) is 5.82 Å². The first kappa shape index (κ1) is 21.5. The third kappa shape index (κ3) is 6.68. The number of nitrogens with one attached hydrogen (secondary N) is 2. The molecule has 1 fully saturated rings. The monoisotopic (exact) mass is 479 g/mol. The Bertz CT molecular complexity index is 677. The SMILES string of the molecule is CN=C(NCCCCNc1ccccn1)N1CCC(c2ccccc2)C1.I. The van der Waals surface area contributed by atoms with Gasteiger partial charge in [-0.2, -0.15) is 0 Å².